The summed E-state index contributed by atoms with van der Waals surface area (Å²) in [7, 11) is 0. The first-order valence-corrected chi connectivity index (χ1v) is 10.0. The predicted octanol–water partition coefficient (Wildman–Crippen LogP) is 6.49. The Balaban J connectivity index is 1.49. The topological polar surface area (TPSA) is 42.0 Å². The van der Waals surface area contributed by atoms with Crippen LogP contribution in [0.1, 0.15) is 10.4 Å². The molecule has 0 unspecified atom stereocenters. The lowest BCUT2D eigenvalue weighted by Crippen LogP contribution is -2.11. The van der Waals surface area contributed by atoms with E-state index in [1.165, 1.54) is 0 Å². The number of amides is 1. The molecule has 1 amide bonds. The molecule has 27 heavy (non-hydrogen) atoms. The molecule has 0 aliphatic carbocycles. The molecule has 1 heterocycles. The number of halogens is 1. The highest BCUT2D eigenvalue weighted by Gasteiger charge is 2.09. The van der Waals surface area contributed by atoms with Crippen LogP contribution in [0.3, 0.4) is 0 Å². The maximum Gasteiger partial charge on any atom is 0.255 e. The smallest absolute Gasteiger partial charge is 0.255 e. The predicted molar refractivity (Wildman–Crippen MR) is 115 cm³/mol. The quantitative estimate of drug-likeness (QED) is 0.398. The van der Waals surface area contributed by atoms with Crippen LogP contribution < -0.4 is 5.32 Å². The van der Waals surface area contributed by atoms with E-state index in [0.717, 1.165) is 32.0 Å². The van der Waals surface area contributed by atoms with Gasteiger partial charge in [0, 0.05) is 32.2 Å². The molecule has 3 aromatic carbocycles. The zero-order chi connectivity index (χ0) is 18.6. The lowest BCUT2D eigenvalue weighted by atomic mass is 10.1. The average Bonchev–Trinajstić information content (AvgIpc) is 3.19. The van der Waals surface area contributed by atoms with E-state index in [1.54, 1.807) is 23.5 Å². The van der Waals surface area contributed by atoms with Gasteiger partial charge >= 0.3 is 0 Å². The number of carbonyl (C=O) groups excluding carboxylic acids is 1. The molecule has 0 bridgehead atoms. The third kappa shape index (κ3) is 4.15. The van der Waals surface area contributed by atoms with Crippen LogP contribution in [0.4, 0.5) is 5.69 Å². The van der Waals surface area contributed by atoms with Gasteiger partial charge in [0.15, 0.2) is 0 Å². The maximum absolute atomic E-state index is 12.3. The molecule has 0 aliphatic heterocycles. The zero-order valence-corrected chi connectivity index (χ0v) is 16.6. The van der Waals surface area contributed by atoms with Crippen molar-refractivity contribution in [3.05, 3.63) is 94.3 Å². The molecule has 5 heteroatoms. The summed E-state index contributed by atoms with van der Waals surface area (Å²) in [6.07, 6.45) is 0. The Kier molecular flexibility index (Phi) is 5.14. The fourth-order valence-electron chi connectivity index (χ4n) is 2.68. The summed E-state index contributed by atoms with van der Waals surface area (Å²) < 4.78 is 0.878. The number of carbonyl (C=O) groups is 1. The van der Waals surface area contributed by atoms with Crippen molar-refractivity contribution in [2.24, 2.45) is 0 Å². The Labute approximate surface area is 169 Å². The highest BCUT2D eigenvalue weighted by Crippen LogP contribution is 2.29. The molecule has 132 valence electrons. The van der Waals surface area contributed by atoms with E-state index in [-0.39, 0.29) is 5.91 Å². The first-order valence-electron chi connectivity index (χ1n) is 8.37. The van der Waals surface area contributed by atoms with Gasteiger partial charge in [-0.25, -0.2) is 4.98 Å². The summed E-state index contributed by atoms with van der Waals surface area (Å²) in [4.78, 5) is 17.1. The van der Waals surface area contributed by atoms with Crippen LogP contribution in [0.15, 0.2) is 88.7 Å². The minimum absolute atomic E-state index is 0.135. The van der Waals surface area contributed by atoms with Gasteiger partial charge < -0.3 is 5.32 Å². The monoisotopic (exact) mass is 434 g/mol. The second kappa shape index (κ2) is 7.86. The first kappa shape index (κ1) is 17.6. The summed E-state index contributed by atoms with van der Waals surface area (Å²) in [5.41, 5.74) is 4.44. The third-order valence-electron chi connectivity index (χ3n) is 4.05. The zero-order valence-electron chi connectivity index (χ0n) is 14.2. The molecule has 0 saturated carbocycles. The van der Waals surface area contributed by atoms with E-state index in [2.05, 4.69) is 38.8 Å². The highest BCUT2D eigenvalue weighted by molar-refractivity contribution is 9.10. The van der Waals surface area contributed by atoms with Crippen molar-refractivity contribution in [3.63, 3.8) is 0 Å². The molecular formula is C22H15BrN2OS. The van der Waals surface area contributed by atoms with E-state index in [0.29, 0.717) is 5.56 Å². The van der Waals surface area contributed by atoms with E-state index in [4.69, 9.17) is 4.98 Å². The molecule has 0 aliphatic rings. The third-order valence-corrected chi connectivity index (χ3v) is 5.43. The van der Waals surface area contributed by atoms with Crippen LogP contribution in [-0.4, -0.2) is 10.9 Å². The number of nitrogens with zero attached hydrogens (tertiary/aromatic N) is 1. The van der Waals surface area contributed by atoms with Gasteiger partial charge in [-0.3, -0.25) is 4.79 Å². The number of rotatable bonds is 4. The molecule has 1 aromatic heterocycles. The number of hydrogen-bond donors (Lipinski definition) is 1. The van der Waals surface area contributed by atoms with Gasteiger partial charge in [-0.15, -0.1) is 11.3 Å². The van der Waals surface area contributed by atoms with Crippen LogP contribution in [0, 0.1) is 0 Å². The molecule has 0 atom stereocenters. The minimum Gasteiger partial charge on any atom is -0.322 e. The molecule has 3 nitrogen and oxygen atoms in total. The first-order chi connectivity index (χ1) is 13.2. The number of hydrogen-bond acceptors (Lipinski definition) is 3. The average molecular weight is 435 g/mol. The number of benzene rings is 3. The Hall–Kier alpha value is -2.76. The van der Waals surface area contributed by atoms with Crippen LogP contribution in [0.2, 0.25) is 0 Å². The van der Waals surface area contributed by atoms with Crippen molar-refractivity contribution >= 4 is 38.9 Å². The van der Waals surface area contributed by atoms with E-state index < -0.39 is 0 Å². The van der Waals surface area contributed by atoms with Crippen LogP contribution in [-0.2, 0) is 0 Å². The van der Waals surface area contributed by atoms with Crippen LogP contribution in [0.25, 0.3) is 21.8 Å². The Bertz CT molecular complexity index is 1070. The summed E-state index contributed by atoms with van der Waals surface area (Å²) >= 11 is 5.01. The van der Waals surface area contributed by atoms with Gasteiger partial charge in [-0.1, -0.05) is 64.5 Å². The van der Waals surface area contributed by atoms with Crippen LogP contribution in [0.5, 0.6) is 0 Å². The number of thiazole rings is 1. The second-order valence-electron chi connectivity index (χ2n) is 5.95. The van der Waals surface area contributed by atoms with Crippen molar-refractivity contribution in [3.8, 4) is 21.8 Å². The standard InChI is InChI=1S/C22H15BrN2OS/c23-18-8-4-7-17(13-18)21(26)24-19-11-9-15(10-12-19)20-14-27-22(25-20)16-5-2-1-3-6-16/h1-14H,(H,24,26). The van der Waals surface area contributed by atoms with E-state index >= 15 is 0 Å². The lowest BCUT2D eigenvalue weighted by molar-refractivity contribution is 0.102. The minimum atomic E-state index is -0.135. The summed E-state index contributed by atoms with van der Waals surface area (Å²) in [6, 6.07) is 25.2. The fourth-order valence-corrected chi connectivity index (χ4v) is 3.91. The largest absolute Gasteiger partial charge is 0.322 e. The normalized spacial score (nSPS) is 10.6. The van der Waals surface area contributed by atoms with Crippen molar-refractivity contribution in [1.82, 2.24) is 4.98 Å². The number of aromatic nitrogens is 1. The van der Waals surface area contributed by atoms with Gasteiger partial charge in [-0.2, -0.15) is 0 Å². The molecule has 0 spiro atoms. The van der Waals surface area contributed by atoms with Gasteiger partial charge in [-0.05, 0) is 30.3 Å². The van der Waals surface area contributed by atoms with Gasteiger partial charge in [0.1, 0.15) is 5.01 Å². The van der Waals surface area contributed by atoms with Gasteiger partial charge in [0.05, 0.1) is 5.69 Å². The molecule has 1 N–H and O–H groups in total. The van der Waals surface area contributed by atoms with Crippen molar-refractivity contribution in [2.75, 3.05) is 5.32 Å². The molecule has 4 aromatic rings. The van der Waals surface area contributed by atoms with Gasteiger partial charge in [0.2, 0.25) is 0 Å². The summed E-state index contributed by atoms with van der Waals surface area (Å²) in [6.45, 7) is 0. The molecule has 0 saturated heterocycles. The fraction of sp³-hybridized carbons (Fsp3) is 0. The summed E-state index contributed by atoms with van der Waals surface area (Å²) in [5, 5.41) is 5.97. The maximum atomic E-state index is 12.3. The Morgan fingerprint density at radius 3 is 2.41 bits per heavy atom. The van der Waals surface area contributed by atoms with Crippen molar-refractivity contribution < 1.29 is 4.79 Å². The van der Waals surface area contributed by atoms with Crippen molar-refractivity contribution in [2.45, 2.75) is 0 Å². The SMILES string of the molecule is O=C(Nc1ccc(-c2csc(-c3ccccc3)n2)cc1)c1cccc(Br)c1. The van der Waals surface area contributed by atoms with E-state index in [9.17, 15) is 4.79 Å². The van der Waals surface area contributed by atoms with Crippen molar-refractivity contribution in [1.29, 1.82) is 0 Å². The highest BCUT2D eigenvalue weighted by atomic mass is 79.9. The molecule has 0 radical (unpaired) electrons. The number of anilines is 1. The Morgan fingerprint density at radius 1 is 0.889 bits per heavy atom. The molecule has 0 fully saturated rings. The summed E-state index contributed by atoms with van der Waals surface area (Å²) in [5.74, 6) is -0.135. The van der Waals surface area contributed by atoms with E-state index in [1.807, 2.05) is 54.6 Å². The van der Waals surface area contributed by atoms with Gasteiger partial charge in [0.25, 0.3) is 5.91 Å². The lowest BCUT2D eigenvalue weighted by Gasteiger charge is -2.06. The second-order valence-corrected chi connectivity index (χ2v) is 7.72. The Morgan fingerprint density at radius 2 is 1.67 bits per heavy atom. The van der Waals surface area contributed by atoms with Crippen LogP contribution >= 0.6 is 27.3 Å². The number of nitrogens with one attached hydrogen (secondary N) is 1. The molecular weight excluding hydrogens is 420 g/mol. The molecule has 4 rings (SSSR count).